The van der Waals surface area contributed by atoms with Crippen LogP contribution in [0.5, 0.6) is 0 Å². The minimum Gasteiger partial charge on any atom is -0.317 e. The van der Waals surface area contributed by atoms with Crippen LogP contribution in [0.2, 0.25) is 5.02 Å². The fraction of sp³-hybridized carbons (Fsp3) is 0.400. The molecule has 1 unspecified atom stereocenters. The fourth-order valence-corrected chi connectivity index (χ4v) is 2.85. The molecule has 1 aromatic heterocycles. The van der Waals surface area contributed by atoms with E-state index in [4.69, 9.17) is 11.6 Å². The zero-order valence-electron chi connectivity index (χ0n) is 11.1. The fourth-order valence-electron chi connectivity index (χ4n) is 2.15. The van der Waals surface area contributed by atoms with Crippen molar-refractivity contribution in [2.24, 2.45) is 5.92 Å². The van der Waals surface area contributed by atoms with Crippen LogP contribution in [-0.4, -0.2) is 18.1 Å². The van der Waals surface area contributed by atoms with Gasteiger partial charge in [-0.1, -0.05) is 30.7 Å². The largest absolute Gasteiger partial charge is 0.317 e. The number of hydrogen-bond acceptors (Lipinski definition) is 3. The summed E-state index contributed by atoms with van der Waals surface area (Å²) in [6.45, 7) is 4.17. The minimum atomic E-state index is 0.572. The Labute approximate surface area is 123 Å². The number of nitrogens with one attached hydrogen (secondary N) is 1. The van der Waals surface area contributed by atoms with E-state index in [2.05, 4.69) is 34.7 Å². The summed E-state index contributed by atoms with van der Waals surface area (Å²) in [7, 11) is 0. The van der Waals surface area contributed by atoms with Crippen LogP contribution >= 0.6 is 22.9 Å². The Kier molecular flexibility index (Phi) is 5.83. The summed E-state index contributed by atoms with van der Waals surface area (Å²) in [5.41, 5.74) is 4.44. The highest BCUT2D eigenvalue weighted by molar-refractivity contribution is 7.07. The number of benzene rings is 1. The van der Waals surface area contributed by atoms with Gasteiger partial charge in [-0.25, -0.2) is 4.98 Å². The average molecular weight is 295 g/mol. The predicted molar refractivity (Wildman–Crippen MR) is 83.0 cm³/mol. The van der Waals surface area contributed by atoms with Gasteiger partial charge in [0.25, 0.3) is 0 Å². The molecule has 0 saturated carbocycles. The van der Waals surface area contributed by atoms with Gasteiger partial charge in [-0.05, 0) is 49.5 Å². The van der Waals surface area contributed by atoms with E-state index >= 15 is 0 Å². The molecule has 0 saturated heterocycles. The molecule has 1 atom stereocenters. The van der Waals surface area contributed by atoms with Gasteiger partial charge < -0.3 is 5.32 Å². The summed E-state index contributed by atoms with van der Waals surface area (Å²) in [5, 5.41) is 6.38. The van der Waals surface area contributed by atoms with Gasteiger partial charge in [-0.15, -0.1) is 11.3 Å². The van der Waals surface area contributed by atoms with Gasteiger partial charge in [0.05, 0.1) is 11.2 Å². The SMILES string of the molecule is CCNCC(Cc1ccc(Cl)cc1)Cc1cscn1. The molecule has 0 fully saturated rings. The van der Waals surface area contributed by atoms with E-state index in [1.807, 2.05) is 17.6 Å². The van der Waals surface area contributed by atoms with Gasteiger partial charge in [-0.2, -0.15) is 0 Å². The Morgan fingerprint density at radius 2 is 2.05 bits per heavy atom. The topological polar surface area (TPSA) is 24.9 Å². The lowest BCUT2D eigenvalue weighted by Crippen LogP contribution is -2.25. The molecular formula is C15H19ClN2S. The molecule has 0 amide bonds. The first-order chi connectivity index (χ1) is 9.28. The number of rotatable bonds is 7. The standard InChI is InChI=1S/C15H19ClN2S/c1-2-17-9-13(8-15-10-19-11-18-15)7-12-3-5-14(16)6-4-12/h3-6,10-11,13,17H,2,7-9H2,1H3. The normalized spacial score (nSPS) is 12.5. The van der Waals surface area contributed by atoms with Crippen LogP contribution < -0.4 is 5.32 Å². The lowest BCUT2D eigenvalue weighted by Gasteiger charge is -2.16. The maximum atomic E-state index is 5.93. The van der Waals surface area contributed by atoms with Crippen molar-refractivity contribution in [3.05, 3.63) is 51.4 Å². The molecule has 19 heavy (non-hydrogen) atoms. The van der Waals surface area contributed by atoms with Crippen LogP contribution in [0.1, 0.15) is 18.2 Å². The van der Waals surface area contributed by atoms with E-state index in [0.29, 0.717) is 5.92 Å². The highest BCUT2D eigenvalue weighted by Crippen LogP contribution is 2.16. The second-order valence-corrected chi connectivity index (χ2v) is 5.84. The van der Waals surface area contributed by atoms with Crippen LogP contribution in [0.15, 0.2) is 35.2 Å². The summed E-state index contributed by atoms with van der Waals surface area (Å²) in [6.07, 6.45) is 2.08. The Morgan fingerprint density at radius 3 is 2.68 bits per heavy atom. The zero-order valence-corrected chi connectivity index (χ0v) is 12.7. The Hall–Kier alpha value is -0.900. The van der Waals surface area contributed by atoms with Crippen molar-refractivity contribution >= 4 is 22.9 Å². The number of hydrogen-bond donors (Lipinski definition) is 1. The predicted octanol–water partition coefficient (Wildman–Crippen LogP) is 3.81. The highest BCUT2D eigenvalue weighted by atomic mass is 35.5. The quantitative estimate of drug-likeness (QED) is 0.840. The smallest absolute Gasteiger partial charge is 0.0794 e. The maximum Gasteiger partial charge on any atom is 0.0794 e. The lowest BCUT2D eigenvalue weighted by atomic mass is 9.95. The monoisotopic (exact) mass is 294 g/mol. The number of aromatic nitrogens is 1. The molecule has 0 aliphatic heterocycles. The van der Waals surface area contributed by atoms with Gasteiger partial charge in [0.1, 0.15) is 0 Å². The van der Waals surface area contributed by atoms with Crippen LogP contribution in [0.4, 0.5) is 0 Å². The van der Waals surface area contributed by atoms with Crippen molar-refractivity contribution in [2.75, 3.05) is 13.1 Å². The summed E-state index contributed by atoms with van der Waals surface area (Å²) in [6, 6.07) is 8.15. The number of thiazole rings is 1. The van der Waals surface area contributed by atoms with E-state index < -0.39 is 0 Å². The van der Waals surface area contributed by atoms with Crippen molar-refractivity contribution < 1.29 is 0 Å². The van der Waals surface area contributed by atoms with Crippen LogP contribution in [0, 0.1) is 5.92 Å². The van der Waals surface area contributed by atoms with Crippen LogP contribution in [0.3, 0.4) is 0 Å². The first-order valence-corrected chi connectivity index (χ1v) is 7.92. The average Bonchev–Trinajstić information content (AvgIpc) is 2.91. The molecular weight excluding hydrogens is 276 g/mol. The molecule has 0 aliphatic rings. The van der Waals surface area contributed by atoms with Gasteiger partial charge in [-0.3, -0.25) is 0 Å². The van der Waals surface area contributed by atoms with Crippen molar-refractivity contribution in [2.45, 2.75) is 19.8 Å². The van der Waals surface area contributed by atoms with Gasteiger partial charge in [0.2, 0.25) is 0 Å². The third kappa shape index (κ3) is 4.94. The van der Waals surface area contributed by atoms with Gasteiger partial charge >= 0.3 is 0 Å². The second kappa shape index (κ2) is 7.63. The molecule has 0 spiro atoms. The van der Waals surface area contributed by atoms with Crippen LogP contribution in [0.25, 0.3) is 0 Å². The molecule has 2 nitrogen and oxygen atoms in total. The third-order valence-corrected chi connectivity index (χ3v) is 3.99. The summed E-state index contributed by atoms with van der Waals surface area (Å²) >= 11 is 7.59. The Bertz CT molecular complexity index is 467. The van der Waals surface area contributed by atoms with Crippen molar-refractivity contribution in [1.82, 2.24) is 10.3 Å². The maximum absolute atomic E-state index is 5.93. The van der Waals surface area contributed by atoms with E-state index in [0.717, 1.165) is 31.0 Å². The number of halogens is 1. The molecule has 4 heteroatoms. The van der Waals surface area contributed by atoms with E-state index in [-0.39, 0.29) is 0 Å². The summed E-state index contributed by atoms with van der Waals surface area (Å²) < 4.78 is 0. The molecule has 0 aliphatic carbocycles. The molecule has 102 valence electrons. The third-order valence-electron chi connectivity index (χ3n) is 3.10. The van der Waals surface area contributed by atoms with Crippen LogP contribution in [-0.2, 0) is 12.8 Å². The molecule has 0 bridgehead atoms. The van der Waals surface area contributed by atoms with Crippen molar-refractivity contribution in [3.63, 3.8) is 0 Å². The summed E-state index contributed by atoms with van der Waals surface area (Å²) in [4.78, 5) is 4.39. The minimum absolute atomic E-state index is 0.572. The second-order valence-electron chi connectivity index (χ2n) is 4.69. The molecule has 1 N–H and O–H groups in total. The summed E-state index contributed by atoms with van der Waals surface area (Å²) in [5.74, 6) is 0.572. The van der Waals surface area contributed by atoms with E-state index in [1.54, 1.807) is 11.3 Å². The first-order valence-electron chi connectivity index (χ1n) is 6.60. The first kappa shape index (κ1) is 14.5. The van der Waals surface area contributed by atoms with E-state index in [9.17, 15) is 0 Å². The molecule has 1 heterocycles. The zero-order chi connectivity index (χ0) is 13.5. The molecule has 2 aromatic rings. The molecule has 1 aromatic carbocycles. The van der Waals surface area contributed by atoms with Crippen molar-refractivity contribution in [1.29, 1.82) is 0 Å². The highest BCUT2D eigenvalue weighted by Gasteiger charge is 2.11. The molecule has 0 radical (unpaired) electrons. The Morgan fingerprint density at radius 1 is 1.26 bits per heavy atom. The lowest BCUT2D eigenvalue weighted by molar-refractivity contribution is 0.474. The van der Waals surface area contributed by atoms with E-state index in [1.165, 1.54) is 11.3 Å². The molecule has 2 rings (SSSR count). The van der Waals surface area contributed by atoms with Gasteiger partial charge in [0, 0.05) is 10.4 Å². The number of nitrogens with zero attached hydrogens (tertiary/aromatic N) is 1. The van der Waals surface area contributed by atoms with Crippen molar-refractivity contribution in [3.8, 4) is 0 Å². The Balaban J connectivity index is 1.98. The van der Waals surface area contributed by atoms with Gasteiger partial charge in [0.15, 0.2) is 0 Å².